The van der Waals surface area contributed by atoms with Gasteiger partial charge in [0.1, 0.15) is 0 Å². The van der Waals surface area contributed by atoms with Crippen molar-refractivity contribution in [2.45, 2.75) is 104 Å². The maximum Gasteiger partial charge on any atom is 0.0945 e. The van der Waals surface area contributed by atoms with E-state index in [4.69, 9.17) is 0 Å². The second-order valence-corrected chi connectivity index (χ2v) is 6.86. The third-order valence-electron chi connectivity index (χ3n) is 4.82. The van der Waals surface area contributed by atoms with Crippen LogP contribution in [0.25, 0.3) is 0 Å². The average Bonchev–Trinajstić information content (AvgIpc) is 3.04. The van der Waals surface area contributed by atoms with Gasteiger partial charge in [-0.2, -0.15) is 0 Å². The van der Waals surface area contributed by atoms with Gasteiger partial charge in [-0.3, -0.25) is 0 Å². The first-order valence-electron chi connectivity index (χ1n) is 9.82. The highest BCUT2D eigenvalue weighted by Gasteiger charge is 2.06. The number of halogens is 1. The van der Waals surface area contributed by atoms with Crippen LogP contribution in [0, 0.1) is 5.92 Å². The van der Waals surface area contributed by atoms with E-state index in [0.717, 1.165) is 12.5 Å². The summed E-state index contributed by atoms with van der Waals surface area (Å²) in [6.45, 7) is 5.76. The van der Waals surface area contributed by atoms with Crippen LogP contribution in [0.3, 0.4) is 0 Å². The summed E-state index contributed by atoms with van der Waals surface area (Å²) in [5, 5.41) is 0. The fraction of sp³-hybridized carbons (Fsp3) is 0.850. The Bertz CT molecular complexity index is 324. The smallest absolute Gasteiger partial charge is 0.0945 e. The number of hydrogen-bond donors (Lipinski definition) is 0. The molecule has 1 atom stereocenters. The highest BCUT2D eigenvalue weighted by Crippen LogP contribution is 2.17. The first kappa shape index (κ1) is 22.7. The summed E-state index contributed by atoms with van der Waals surface area (Å²) in [6.07, 6.45) is 24.4. The van der Waals surface area contributed by atoms with Crippen LogP contribution in [-0.2, 0) is 6.54 Å². The monoisotopic (exact) mass is 386 g/mol. The maximum atomic E-state index is 4.13. The molecular formula is C20H39BrN2. The van der Waals surface area contributed by atoms with E-state index in [1.807, 2.05) is 12.5 Å². The van der Waals surface area contributed by atoms with E-state index in [1.54, 1.807) is 0 Å². The van der Waals surface area contributed by atoms with E-state index in [1.165, 1.54) is 83.5 Å². The van der Waals surface area contributed by atoms with Gasteiger partial charge in [-0.05, 0) is 12.3 Å². The Morgan fingerprint density at radius 1 is 0.826 bits per heavy atom. The highest BCUT2D eigenvalue weighted by molar-refractivity contribution is 8.93. The number of aromatic nitrogens is 2. The molecule has 1 heterocycles. The van der Waals surface area contributed by atoms with Gasteiger partial charge >= 0.3 is 0 Å². The van der Waals surface area contributed by atoms with E-state index in [2.05, 4.69) is 29.6 Å². The van der Waals surface area contributed by atoms with Gasteiger partial charge in [0.05, 0.1) is 6.33 Å². The van der Waals surface area contributed by atoms with E-state index >= 15 is 0 Å². The van der Waals surface area contributed by atoms with Crippen LogP contribution in [0.15, 0.2) is 18.7 Å². The quantitative estimate of drug-likeness (QED) is 0.291. The lowest BCUT2D eigenvalue weighted by molar-refractivity contribution is 0.383. The molecule has 0 bridgehead atoms. The van der Waals surface area contributed by atoms with E-state index in [9.17, 15) is 0 Å². The summed E-state index contributed by atoms with van der Waals surface area (Å²) in [6, 6.07) is 0. The molecule has 1 unspecified atom stereocenters. The molecule has 0 aromatic carbocycles. The second-order valence-electron chi connectivity index (χ2n) is 6.86. The van der Waals surface area contributed by atoms with Crippen LogP contribution in [0.2, 0.25) is 0 Å². The van der Waals surface area contributed by atoms with Crippen molar-refractivity contribution >= 4 is 17.0 Å². The number of nitrogens with zero attached hydrogens (tertiary/aromatic N) is 2. The average molecular weight is 387 g/mol. The summed E-state index contributed by atoms with van der Waals surface area (Å²) in [7, 11) is 0. The molecule has 0 saturated heterocycles. The highest BCUT2D eigenvalue weighted by atomic mass is 79.9. The third-order valence-corrected chi connectivity index (χ3v) is 4.82. The number of imidazole rings is 1. The van der Waals surface area contributed by atoms with Crippen molar-refractivity contribution in [2.24, 2.45) is 5.92 Å². The van der Waals surface area contributed by atoms with Crippen molar-refractivity contribution in [3.05, 3.63) is 18.7 Å². The Hall–Kier alpha value is -0.310. The van der Waals surface area contributed by atoms with Crippen molar-refractivity contribution in [3.8, 4) is 0 Å². The number of unbranched alkanes of at least 4 members (excludes halogenated alkanes) is 10. The molecule has 0 aliphatic carbocycles. The largest absolute Gasteiger partial charge is 0.337 e. The molecule has 1 rings (SSSR count). The molecule has 23 heavy (non-hydrogen) atoms. The molecule has 0 radical (unpaired) electrons. The summed E-state index contributed by atoms with van der Waals surface area (Å²) < 4.78 is 2.23. The van der Waals surface area contributed by atoms with E-state index in [-0.39, 0.29) is 17.0 Å². The minimum atomic E-state index is 0. The van der Waals surface area contributed by atoms with Crippen molar-refractivity contribution in [2.75, 3.05) is 0 Å². The molecule has 0 aliphatic heterocycles. The van der Waals surface area contributed by atoms with Crippen LogP contribution in [0.4, 0.5) is 0 Å². The summed E-state index contributed by atoms with van der Waals surface area (Å²) in [5.41, 5.74) is 0. The predicted octanol–water partition coefficient (Wildman–Crippen LogP) is 7.19. The summed E-state index contributed by atoms with van der Waals surface area (Å²) >= 11 is 0. The molecule has 0 N–H and O–H groups in total. The first-order valence-corrected chi connectivity index (χ1v) is 9.82. The number of hydrogen-bond acceptors (Lipinski definition) is 1. The predicted molar refractivity (Wildman–Crippen MR) is 107 cm³/mol. The Morgan fingerprint density at radius 3 is 1.87 bits per heavy atom. The zero-order valence-electron chi connectivity index (χ0n) is 15.5. The number of rotatable bonds is 15. The lowest BCUT2D eigenvalue weighted by Gasteiger charge is -2.15. The SMILES string of the molecule is Br.CCCCCCCCCCCCCC(CC)Cn1ccnc1. The van der Waals surface area contributed by atoms with Gasteiger partial charge in [-0.1, -0.05) is 90.9 Å². The van der Waals surface area contributed by atoms with Gasteiger partial charge in [0.2, 0.25) is 0 Å². The van der Waals surface area contributed by atoms with Gasteiger partial charge in [-0.15, -0.1) is 17.0 Å². The normalized spacial score (nSPS) is 12.1. The molecule has 3 heteroatoms. The van der Waals surface area contributed by atoms with Crippen molar-refractivity contribution in [3.63, 3.8) is 0 Å². The van der Waals surface area contributed by atoms with Crippen molar-refractivity contribution in [1.29, 1.82) is 0 Å². The van der Waals surface area contributed by atoms with Crippen LogP contribution >= 0.6 is 17.0 Å². The molecular weight excluding hydrogens is 348 g/mol. The van der Waals surface area contributed by atoms with Gasteiger partial charge < -0.3 is 4.57 Å². The zero-order valence-corrected chi connectivity index (χ0v) is 17.2. The molecule has 0 aliphatic rings. The lowest BCUT2D eigenvalue weighted by atomic mass is 9.97. The zero-order chi connectivity index (χ0) is 15.9. The molecule has 1 aromatic heterocycles. The Kier molecular flexibility index (Phi) is 16.3. The minimum Gasteiger partial charge on any atom is -0.337 e. The Labute approximate surface area is 155 Å². The van der Waals surface area contributed by atoms with Crippen LogP contribution in [0.1, 0.15) is 97.3 Å². The molecule has 136 valence electrons. The fourth-order valence-electron chi connectivity index (χ4n) is 3.21. The van der Waals surface area contributed by atoms with Crippen molar-refractivity contribution < 1.29 is 0 Å². The molecule has 1 aromatic rings. The van der Waals surface area contributed by atoms with Gasteiger partial charge in [0.25, 0.3) is 0 Å². The Morgan fingerprint density at radius 2 is 1.39 bits per heavy atom. The van der Waals surface area contributed by atoms with E-state index < -0.39 is 0 Å². The van der Waals surface area contributed by atoms with Crippen LogP contribution in [-0.4, -0.2) is 9.55 Å². The molecule has 2 nitrogen and oxygen atoms in total. The first-order chi connectivity index (χ1) is 10.9. The third kappa shape index (κ3) is 12.7. The Balaban J connectivity index is 0.00000484. The van der Waals surface area contributed by atoms with Gasteiger partial charge in [-0.25, -0.2) is 4.98 Å². The minimum absolute atomic E-state index is 0. The van der Waals surface area contributed by atoms with Crippen LogP contribution < -0.4 is 0 Å². The summed E-state index contributed by atoms with van der Waals surface area (Å²) in [4.78, 5) is 4.13. The standard InChI is InChI=1S/C20H38N2.BrH/c1-3-5-6-7-8-9-10-11-12-13-14-15-20(4-2)18-22-17-16-21-19-22;/h16-17,19-20H,3-15,18H2,1-2H3;1H. The van der Waals surface area contributed by atoms with Crippen molar-refractivity contribution in [1.82, 2.24) is 9.55 Å². The van der Waals surface area contributed by atoms with E-state index in [0.29, 0.717) is 0 Å². The van der Waals surface area contributed by atoms with Crippen LogP contribution in [0.5, 0.6) is 0 Å². The maximum absolute atomic E-state index is 4.13. The molecule has 0 amide bonds. The summed E-state index contributed by atoms with van der Waals surface area (Å²) in [5.74, 6) is 0.827. The van der Waals surface area contributed by atoms with Gasteiger partial charge in [0.15, 0.2) is 0 Å². The topological polar surface area (TPSA) is 17.8 Å². The molecule has 0 fully saturated rings. The van der Waals surface area contributed by atoms with Gasteiger partial charge in [0, 0.05) is 18.9 Å². The second kappa shape index (κ2) is 16.5. The molecule has 0 spiro atoms. The molecule has 0 saturated carbocycles. The lowest BCUT2D eigenvalue weighted by Crippen LogP contribution is -2.08. The fourth-order valence-corrected chi connectivity index (χ4v) is 3.21.